The van der Waals surface area contributed by atoms with E-state index in [1.807, 2.05) is 12.1 Å². The number of rotatable bonds is 5. The molecule has 0 bridgehead atoms. The molecule has 172 valence electrons. The van der Waals surface area contributed by atoms with E-state index in [1.54, 1.807) is 0 Å². The van der Waals surface area contributed by atoms with Gasteiger partial charge in [-0.05, 0) is 60.0 Å². The normalized spacial score (nSPS) is 21.8. The summed E-state index contributed by atoms with van der Waals surface area (Å²) in [7, 11) is 0. The summed E-state index contributed by atoms with van der Waals surface area (Å²) in [6.45, 7) is 3.55. The zero-order valence-corrected chi connectivity index (χ0v) is 18.7. The van der Waals surface area contributed by atoms with Gasteiger partial charge in [0, 0.05) is 31.7 Å². The first-order chi connectivity index (χ1) is 16.1. The second-order valence-electron chi connectivity index (χ2n) is 9.35. The molecule has 33 heavy (non-hydrogen) atoms. The zero-order chi connectivity index (χ0) is 22.8. The van der Waals surface area contributed by atoms with Crippen LogP contribution in [0.5, 0.6) is 5.75 Å². The number of nitrogens with one attached hydrogen (secondary N) is 2. The van der Waals surface area contributed by atoms with Crippen LogP contribution < -0.4 is 21.1 Å². The predicted molar refractivity (Wildman–Crippen MR) is 125 cm³/mol. The Bertz CT molecular complexity index is 1080. The Morgan fingerprint density at radius 3 is 2.85 bits per heavy atom. The van der Waals surface area contributed by atoms with E-state index in [4.69, 9.17) is 15.2 Å². The van der Waals surface area contributed by atoms with Crippen molar-refractivity contribution in [1.29, 1.82) is 5.26 Å². The molecular weight excluding hydrogens is 416 g/mol. The van der Waals surface area contributed by atoms with Gasteiger partial charge in [0.2, 0.25) is 5.91 Å². The number of nitrogens with two attached hydrogens (primary N) is 1. The third-order valence-corrected chi connectivity index (χ3v) is 7.12. The number of carbonyl (C=O) groups is 1. The standard InChI is InChI=1S/C26H30N4O3/c27-14-21(30-25(31)26(28)6-9-32-10-7-26)11-17-1-4-22-23-13-18(19-5-8-29-15-19)2-3-20(23)16-33-24(22)12-17/h1-4,12-13,19,21,29H,5-11,15-16,28H2,(H,30,31). The zero-order valence-electron chi connectivity index (χ0n) is 18.7. The van der Waals surface area contributed by atoms with Crippen molar-refractivity contribution in [2.45, 2.75) is 49.8 Å². The minimum Gasteiger partial charge on any atom is -0.488 e. The van der Waals surface area contributed by atoms with Crippen LogP contribution in [0.3, 0.4) is 0 Å². The van der Waals surface area contributed by atoms with Crippen LogP contribution in [0.15, 0.2) is 36.4 Å². The molecule has 0 saturated carbocycles. The van der Waals surface area contributed by atoms with Crippen LogP contribution >= 0.6 is 0 Å². The van der Waals surface area contributed by atoms with Gasteiger partial charge >= 0.3 is 0 Å². The van der Waals surface area contributed by atoms with Crippen LogP contribution in [0.2, 0.25) is 0 Å². The molecule has 2 unspecified atom stereocenters. The fourth-order valence-electron chi connectivity index (χ4n) is 4.98. The first kappa shape index (κ1) is 21.9. The van der Waals surface area contributed by atoms with Gasteiger partial charge in [-0.3, -0.25) is 4.79 Å². The van der Waals surface area contributed by atoms with Crippen LogP contribution in [0.4, 0.5) is 0 Å². The highest BCUT2D eigenvalue weighted by Gasteiger charge is 2.37. The summed E-state index contributed by atoms with van der Waals surface area (Å²) in [6.07, 6.45) is 2.48. The number of fused-ring (bicyclic) bond motifs is 3. The van der Waals surface area contributed by atoms with Crippen LogP contribution in [-0.4, -0.2) is 43.8 Å². The number of hydrogen-bond acceptors (Lipinski definition) is 6. The maximum atomic E-state index is 12.7. The number of amides is 1. The molecule has 3 aliphatic heterocycles. The van der Waals surface area contributed by atoms with Gasteiger partial charge < -0.3 is 25.8 Å². The maximum absolute atomic E-state index is 12.7. The van der Waals surface area contributed by atoms with Gasteiger partial charge in [0.15, 0.2) is 0 Å². The molecule has 2 aromatic carbocycles. The third kappa shape index (κ3) is 4.47. The summed E-state index contributed by atoms with van der Waals surface area (Å²) in [5.74, 6) is 1.10. The van der Waals surface area contributed by atoms with Gasteiger partial charge in [-0.15, -0.1) is 0 Å². The van der Waals surface area contributed by atoms with Gasteiger partial charge in [-0.2, -0.15) is 5.26 Å². The van der Waals surface area contributed by atoms with Crippen molar-refractivity contribution in [2.75, 3.05) is 26.3 Å². The quantitative estimate of drug-likeness (QED) is 0.651. The molecular formula is C26H30N4O3. The predicted octanol–water partition coefficient (Wildman–Crippen LogP) is 2.38. The van der Waals surface area contributed by atoms with Crippen molar-refractivity contribution in [2.24, 2.45) is 5.73 Å². The van der Waals surface area contributed by atoms with Crippen LogP contribution in [0.25, 0.3) is 11.1 Å². The molecule has 7 nitrogen and oxygen atoms in total. The average Bonchev–Trinajstić information content (AvgIpc) is 3.38. The lowest BCUT2D eigenvalue weighted by molar-refractivity contribution is -0.130. The molecule has 3 aliphatic rings. The minimum absolute atomic E-state index is 0.283. The van der Waals surface area contributed by atoms with Crippen molar-refractivity contribution < 1.29 is 14.3 Å². The molecule has 5 rings (SSSR count). The maximum Gasteiger partial charge on any atom is 0.241 e. The van der Waals surface area contributed by atoms with Gasteiger partial charge in [-0.1, -0.05) is 30.3 Å². The van der Waals surface area contributed by atoms with E-state index in [0.717, 1.165) is 30.0 Å². The highest BCUT2D eigenvalue weighted by molar-refractivity contribution is 5.86. The topological polar surface area (TPSA) is 109 Å². The largest absolute Gasteiger partial charge is 0.488 e. The molecule has 7 heteroatoms. The van der Waals surface area contributed by atoms with Crippen molar-refractivity contribution in [3.63, 3.8) is 0 Å². The van der Waals surface area contributed by atoms with Gasteiger partial charge in [0.1, 0.15) is 18.4 Å². The van der Waals surface area contributed by atoms with Crippen molar-refractivity contribution in [1.82, 2.24) is 10.6 Å². The number of hydrogen-bond donors (Lipinski definition) is 3. The minimum atomic E-state index is -0.970. The highest BCUT2D eigenvalue weighted by atomic mass is 16.5. The highest BCUT2D eigenvalue weighted by Crippen LogP contribution is 2.40. The van der Waals surface area contributed by atoms with Gasteiger partial charge in [-0.25, -0.2) is 0 Å². The summed E-state index contributed by atoms with van der Waals surface area (Å²) in [6, 6.07) is 14.3. The summed E-state index contributed by atoms with van der Waals surface area (Å²) in [4.78, 5) is 12.7. The van der Waals surface area contributed by atoms with E-state index >= 15 is 0 Å². The average molecular weight is 447 g/mol. The summed E-state index contributed by atoms with van der Waals surface area (Å²) in [5, 5.41) is 15.9. The second-order valence-corrected chi connectivity index (χ2v) is 9.35. The number of nitrogens with zero attached hydrogens (tertiary/aromatic N) is 1. The third-order valence-electron chi connectivity index (χ3n) is 7.12. The smallest absolute Gasteiger partial charge is 0.241 e. The SMILES string of the molecule is N#CC(Cc1ccc2c(c1)OCc1ccc(C3CCNC3)cc1-2)NC(=O)C1(N)CCOCC1. The van der Waals surface area contributed by atoms with E-state index in [0.29, 0.717) is 45.0 Å². The second kappa shape index (κ2) is 9.14. The fraction of sp³-hybridized carbons (Fsp3) is 0.462. The van der Waals surface area contributed by atoms with Crippen molar-refractivity contribution in [3.8, 4) is 22.9 Å². The lowest BCUT2D eigenvalue weighted by Gasteiger charge is -2.32. The van der Waals surface area contributed by atoms with Gasteiger partial charge in [0.25, 0.3) is 0 Å². The summed E-state index contributed by atoms with van der Waals surface area (Å²) in [5.41, 5.74) is 11.1. The molecule has 1 amide bonds. The van der Waals surface area contributed by atoms with E-state index in [9.17, 15) is 10.1 Å². The molecule has 0 spiro atoms. The van der Waals surface area contributed by atoms with Crippen molar-refractivity contribution >= 4 is 5.91 Å². The fourth-order valence-corrected chi connectivity index (χ4v) is 4.98. The van der Waals surface area contributed by atoms with Gasteiger partial charge in [0.05, 0.1) is 11.6 Å². The lowest BCUT2D eigenvalue weighted by atomic mass is 9.89. The molecule has 2 atom stereocenters. The Morgan fingerprint density at radius 1 is 1.24 bits per heavy atom. The molecule has 2 aromatic rings. The van der Waals surface area contributed by atoms with E-state index in [-0.39, 0.29) is 5.91 Å². The van der Waals surface area contributed by atoms with E-state index in [2.05, 4.69) is 41.0 Å². The number of carbonyl (C=O) groups excluding carboxylic acids is 1. The Morgan fingerprint density at radius 2 is 2.09 bits per heavy atom. The molecule has 0 aromatic heterocycles. The van der Waals surface area contributed by atoms with Crippen LogP contribution in [0, 0.1) is 11.3 Å². The molecule has 4 N–H and O–H groups in total. The van der Waals surface area contributed by atoms with Crippen LogP contribution in [0.1, 0.15) is 41.9 Å². The number of nitriles is 1. The number of benzene rings is 2. The molecule has 0 radical (unpaired) electrons. The first-order valence-electron chi connectivity index (χ1n) is 11.7. The lowest BCUT2D eigenvalue weighted by Crippen LogP contribution is -2.58. The van der Waals surface area contributed by atoms with E-state index < -0.39 is 11.6 Å². The Hall–Kier alpha value is -2.92. The Balaban J connectivity index is 1.32. The van der Waals surface area contributed by atoms with Crippen molar-refractivity contribution in [3.05, 3.63) is 53.1 Å². The Kier molecular flexibility index (Phi) is 6.07. The van der Waals surface area contributed by atoms with Crippen LogP contribution in [-0.2, 0) is 22.6 Å². The molecule has 0 aliphatic carbocycles. The summed E-state index contributed by atoms with van der Waals surface area (Å²) >= 11 is 0. The monoisotopic (exact) mass is 446 g/mol. The molecule has 2 fully saturated rings. The first-order valence-corrected chi connectivity index (χ1v) is 11.7. The Labute approximate surface area is 194 Å². The molecule has 3 heterocycles. The number of ether oxygens (including phenoxy) is 2. The van der Waals surface area contributed by atoms with E-state index in [1.165, 1.54) is 23.1 Å². The summed E-state index contributed by atoms with van der Waals surface area (Å²) < 4.78 is 11.4. The molecule has 2 saturated heterocycles.